The second-order valence-electron chi connectivity index (χ2n) is 4.51. The molecule has 21 heavy (non-hydrogen) atoms. The molecule has 1 aromatic carbocycles. The predicted octanol–water partition coefficient (Wildman–Crippen LogP) is 2.60. The number of benzene rings is 1. The molecule has 112 valence electrons. The summed E-state index contributed by atoms with van der Waals surface area (Å²) in [4.78, 5) is 8.58. The number of hydrogen-bond donors (Lipinski definition) is 1. The molecule has 4 nitrogen and oxygen atoms in total. The molecule has 1 aromatic heterocycles. The standard InChI is InChI=1S/C15H17ClFN3O/c1-21-8-7-18-10-11-5-6-19-15(20-11)9-12-13(16)3-2-4-14(12)17/h2-6,18H,7-10H2,1H3. The lowest BCUT2D eigenvalue weighted by Gasteiger charge is -2.07. The molecule has 0 atom stereocenters. The Morgan fingerprint density at radius 2 is 2.19 bits per heavy atom. The molecule has 0 aliphatic carbocycles. The molecular weight excluding hydrogens is 293 g/mol. The first-order chi connectivity index (χ1) is 10.2. The fraction of sp³-hybridized carbons (Fsp3) is 0.333. The van der Waals surface area contributed by atoms with Crippen molar-refractivity contribution in [1.82, 2.24) is 15.3 Å². The van der Waals surface area contributed by atoms with E-state index < -0.39 is 0 Å². The van der Waals surface area contributed by atoms with Crippen molar-refractivity contribution in [1.29, 1.82) is 0 Å². The van der Waals surface area contributed by atoms with Crippen LogP contribution in [0.15, 0.2) is 30.5 Å². The molecule has 0 bridgehead atoms. The second-order valence-corrected chi connectivity index (χ2v) is 4.92. The summed E-state index contributed by atoms with van der Waals surface area (Å²) in [5.74, 6) is 0.211. The quantitative estimate of drug-likeness (QED) is 0.799. The highest BCUT2D eigenvalue weighted by molar-refractivity contribution is 6.31. The van der Waals surface area contributed by atoms with Gasteiger partial charge in [-0.3, -0.25) is 0 Å². The molecule has 0 radical (unpaired) electrons. The van der Waals surface area contributed by atoms with Crippen LogP contribution in [-0.4, -0.2) is 30.2 Å². The Bertz CT molecular complexity index is 575. The van der Waals surface area contributed by atoms with Crippen molar-refractivity contribution >= 4 is 11.6 Å². The number of ether oxygens (including phenoxy) is 1. The van der Waals surface area contributed by atoms with Gasteiger partial charge in [0, 0.05) is 43.4 Å². The van der Waals surface area contributed by atoms with Gasteiger partial charge in [-0.2, -0.15) is 0 Å². The van der Waals surface area contributed by atoms with E-state index >= 15 is 0 Å². The largest absolute Gasteiger partial charge is 0.383 e. The average molecular weight is 310 g/mol. The van der Waals surface area contributed by atoms with Crippen molar-refractivity contribution in [2.75, 3.05) is 20.3 Å². The molecule has 0 aliphatic heterocycles. The molecule has 1 N–H and O–H groups in total. The highest BCUT2D eigenvalue weighted by Crippen LogP contribution is 2.21. The summed E-state index contributed by atoms with van der Waals surface area (Å²) in [7, 11) is 1.66. The first-order valence-electron chi connectivity index (χ1n) is 6.64. The molecule has 2 rings (SSSR count). The SMILES string of the molecule is COCCNCc1ccnc(Cc2c(F)cccc2Cl)n1. The van der Waals surface area contributed by atoms with Gasteiger partial charge in [-0.05, 0) is 18.2 Å². The smallest absolute Gasteiger partial charge is 0.133 e. The normalized spacial score (nSPS) is 10.8. The van der Waals surface area contributed by atoms with Crippen molar-refractivity contribution in [2.24, 2.45) is 0 Å². The Morgan fingerprint density at radius 1 is 1.33 bits per heavy atom. The Kier molecular flexibility index (Phi) is 6.04. The fourth-order valence-corrected chi connectivity index (χ4v) is 2.10. The van der Waals surface area contributed by atoms with Crippen LogP contribution in [-0.2, 0) is 17.7 Å². The van der Waals surface area contributed by atoms with Crippen molar-refractivity contribution in [2.45, 2.75) is 13.0 Å². The lowest BCUT2D eigenvalue weighted by atomic mass is 10.1. The molecule has 0 fully saturated rings. The fourth-order valence-electron chi connectivity index (χ4n) is 1.87. The van der Waals surface area contributed by atoms with Crippen LogP contribution in [0.1, 0.15) is 17.1 Å². The van der Waals surface area contributed by atoms with E-state index in [-0.39, 0.29) is 12.2 Å². The minimum absolute atomic E-state index is 0.275. The van der Waals surface area contributed by atoms with Gasteiger partial charge in [0.1, 0.15) is 11.6 Å². The van der Waals surface area contributed by atoms with Crippen molar-refractivity contribution in [3.63, 3.8) is 0 Å². The summed E-state index contributed by atoms with van der Waals surface area (Å²) in [6, 6.07) is 6.46. The molecule has 0 spiro atoms. The number of hydrogen-bond acceptors (Lipinski definition) is 4. The lowest BCUT2D eigenvalue weighted by molar-refractivity contribution is 0.199. The summed E-state index contributed by atoms with van der Waals surface area (Å²) in [6.07, 6.45) is 1.95. The third-order valence-electron chi connectivity index (χ3n) is 2.95. The molecule has 1 heterocycles. The zero-order chi connectivity index (χ0) is 15.1. The van der Waals surface area contributed by atoms with Crippen LogP contribution in [0.4, 0.5) is 4.39 Å². The number of halogens is 2. The van der Waals surface area contributed by atoms with Gasteiger partial charge in [0.05, 0.1) is 12.3 Å². The number of methoxy groups -OCH3 is 1. The van der Waals surface area contributed by atoms with Crippen LogP contribution in [0.25, 0.3) is 0 Å². The van der Waals surface area contributed by atoms with Gasteiger partial charge >= 0.3 is 0 Å². The Morgan fingerprint density at radius 3 is 2.95 bits per heavy atom. The summed E-state index contributed by atoms with van der Waals surface area (Å²) in [5, 5.41) is 3.59. The average Bonchev–Trinajstić information content (AvgIpc) is 2.48. The Hall–Kier alpha value is -1.56. The maximum absolute atomic E-state index is 13.8. The van der Waals surface area contributed by atoms with Gasteiger partial charge in [0.15, 0.2) is 0 Å². The molecule has 0 saturated carbocycles. The minimum Gasteiger partial charge on any atom is -0.383 e. The third kappa shape index (κ3) is 4.74. The number of aromatic nitrogens is 2. The number of nitrogens with zero attached hydrogens (tertiary/aromatic N) is 2. The minimum atomic E-state index is -0.338. The van der Waals surface area contributed by atoms with E-state index in [0.29, 0.717) is 29.6 Å². The van der Waals surface area contributed by atoms with E-state index in [0.717, 1.165) is 12.2 Å². The van der Waals surface area contributed by atoms with E-state index in [4.69, 9.17) is 16.3 Å². The van der Waals surface area contributed by atoms with Crippen LogP contribution < -0.4 is 5.32 Å². The van der Waals surface area contributed by atoms with Gasteiger partial charge in [0.2, 0.25) is 0 Å². The van der Waals surface area contributed by atoms with Crippen LogP contribution in [0.5, 0.6) is 0 Å². The predicted molar refractivity (Wildman–Crippen MR) is 79.8 cm³/mol. The molecular formula is C15H17ClFN3O. The van der Waals surface area contributed by atoms with Crippen LogP contribution in [0, 0.1) is 5.82 Å². The van der Waals surface area contributed by atoms with Crippen LogP contribution >= 0.6 is 11.6 Å². The summed E-state index contributed by atoms with van der Waals surface area (Å²) >= 11 is 6.02. The van der Waals surface area contributed by atoms with Crippen LogP contribution in [0.2, 0.25) is 5.02 Å². The van der Waals surface area contributed by atoms with Crippen molar-refractivity contribution < 1.29 is 9.13 Å². The van der Waals surface area contributed by atoms with Gasteiger partial charge in [-0.25, -0.2) is 14.4 Å². The lowest BCUT2D eigenvalue weighted by Crippen LogP contribution is -2.19. The van der Waals surface area contributed by atoms with E-state index in [9.17, 15) is 4.39 Å². The third-order valence-corrected chi connectivity index (χ3v) is 3.30. The maximum Gasteiger partial charge on any atom is 0.133 e. The molecule has 0 unspecified atom stereocenters. The Balaban J connectivity index is 2.04. The van der Waals surface area contributed by atoms with E-state index in [1.165, 1.54) is 6.07 Å². The molecule has 0 aliphatic rings. The van der Waals surface area contributed by atoms with E-state index in [1.807, 2.05) is 6.07 Å². The van der Waals surface area contributed by atoms with Gasteiger partial charge in [-0.1, -0.05) is 17.7 Å². The highest BCUT2D eigenvalue weighted by atomic mass is 35.5. The van der Waals surface area contributed by atoms with E-state index in [2.05, 4.69) is 15.3 Å². The van der Waals surface area contributed by atoms with Gasteiger partial charge in [-0.15, -0.1) is 0 Å². The second kappa shape index (κ2) is 8.02. The maximum atomic E-state index is 13.8. The van der Waals surface area contributed by atoms with Gasteiger partial charge < -0.3 is 10.1 Å². The highest BCUT2D eigenvalue weighted by Gasteiger charge is 2.09. The molecule has 6 heteroatoms. The molecule has 0 amide bonds. The first kappa shape index (κ1) is 15.8. The zero-order valence-electron chi connectivity index (χ0n) is 11.8. The topological polar surface area (TPSA) is 47.0 Å². The molecule has 0 saturated heterocycles. The van der Waals surface area contributed by atoms with Crippen LogP contribution in [0.3, 0.4) is 0 Å². The number of rotatable bonds is 7. The summed E-state index contributed by atoms with van der Waals surface area (Å²) < 4.78 is 18.7. The first-order valence-corrected chi connectivity index (χ1v) is 7.02. The van der Waals surface area contributed by atoms with Crippen molar-refractivity contribution in [3.8, 4) is 0 Å². The summed E-state index contributed by atoms with van der Waals surface area (Å²) in [6.45, 7) is 2.00. The van der Waals surface area contributed by atoms with Crippen molar-refractivity contribution in [3.05, 3.63) is 58.4 Å². The zero-order valence-corrected chi connectivity index (χ0v) is 12.5. The number of nitrogens with one attached hydrogen (secondary N) is 1. The van der Waals surface area contributed by atoms with E-state index in [1.54, 1.807) is 25.4 Å². The monoisotopic (exact) mass is 309 g/mol. The molecule has 2 aromatic rings. The van der Waals surface area contributed by atoms with Gasteiger partial charge in [0.25, 0.3) is 0 Å². The summed E-state index contributed by atoms with van der Waals surface area (Å²) in [5.41, 5.74) is 1.27. The Labute approximate surface area is 128 Å².